The Hall–Kier alpha value is 0.419. The standard InChI is InChI=1S/CHF3O2S.Fe/c2-1(3,4)7(5)6;/h(H,5,6);/p-1. The molecule has 0 bridgehead atoms. The summed E-state index contributed by atoms with van der Waals surface area (Å²) >= 11 is -3.93. The summed E-state index contributed by atoms with van der Waals surface area (Å²) in [6, 6.07) is 0. The molecule has 0 rings (SSSR count). The molecule has 0 aliphatic heterocycles. The molecule has 8 heavy (non-hydrogen) atoms. The molecule has 0 fully saturated rings. The van der Waals surface area contributed by atoms with Crippen molar-refractivity contribution in [1.82, 2.24) is 0 Å². The largest absolute Gasteiger partial charge is 0.766 e. The molecule has 0 saturated carbocycles. The Kier molecular flexibility index (Phi) is 4.84. The van der Waals surface area contributed by atoms with Crippen LogP contribution in [0.15, 0.2) is 0 Å². The first-order valence-corrected chi connectivity index (χ1v) is 2.18. The van der Waals surface area contributed by atoms with E-state index < -0.39 is 16.6 Å². The summed E-state index contributed by atoms with van der Waals surface area (Å²) in [6.45, 7) is 0. The maximum absolute atomic E-state index is 10.6. The maximum atomic E-state index is 10.6. The molecule has 0 aromatic rings. The molecule has 0 heterocycles. The number of alkyl halides is 3. The minimum Gasteiger partial charge on any atom is -0.766 e. The molecule has 0 aliphatic rings. The Balaban J connectivity index is 0. The molecule has 1 unspecified atom stereocenters. The predicted octanol–water partition coefficient (Wildman–Crippen LogP) is 0.383. The van der Waals surface area contributed by atoms with Crippen LogP contribution in [-0.4, -0.2) is 14.3 Å². The van der Waals surface area contributed by atoms with E-state index in [1.807, 2.05) is 0 Å². The summed E-state index contributed by atoms with van der Waals surface area (Å²) in [6.07, 6.45) is 0. The zero-order valence-corrected chi connectivity index (χ0v) is 5.13. The van der Waals surface area contributed by atoms with E-state index in [1.54, 1.807) is 0 Å². The third-order valence-electron chi connectivity index (χ3n) is 0.189. The molecule has 0 saturated heterocycles. The first kappa shape index (κ1) is 11.2. The molecule has 1 atom stereocenters. The Morgan fingerprint density at radius 3 is 1.50 bits per heavy atom. The maximum Gasteiger partial charge on any atom is 0.458 e. The first-order valence-electron chi connectivity index (χ1n) is 1.10. The monoisotopic (exact) mass is 189 g/mol. The molecular weight excluding hydrogens is 189 g/mol. The number of hydrogen-bond acceptors (Lipinski definition) is 2. The van der Waals surface area contributed by atoms with Crippen LogP contribution in [0.1, 0.15) is 0 Å². The van der Waals surface area contributed by atoms with Gasteiger partial charge in [-0.2, -0.15) is 13.2 Å². The van der Waals surface area contributed by atoms with Crippen molar-refractivity contribution in [3.05, 3.63) is 0 Å². The van der Waals surface area contributed by atoms with E-state index in [4.69, 9.17) is 8.76 Å². The van der Waals surface area contributed by atoms with Crippen LogP contribution in [0.5, 0.6) is 0 Å². The second-order valence-corrected chi connectivity index (χ2v) is 1.61. The van der Waals surface area contributed by atoms with E-state index in [1.165, 1.54) is 0 Å². The summed E-state index contributed by atoms with van der Waals surface area (Å²) < 4.78 is 49.5. The van der Waals surface area contributed by atoms with E-state index in [2.05, 4.69) is 0 Å². The van der Waals surface area contributed by atoms with Crippen LogP contribution in [-0.2, 0) is 28.1 Å². The van der Waals surface area contributed by atoms with Gasteiger partial charge in [-0.25, -0.2) is 0 Å². The van der Waals surface area contributed by atoms with Crippen molar-refractivity contribution >= 4 is 11.1 Å². The van der Waals surface area contributed by atoms with Crippen LogP contribution in [0.3, 0.4) is 0 Å². The fourth-order valence-corrected chi connectivity index (χ4v) is 0. The van der Waals surface area contributed by atoms with Crippen molar-refractivity contribution in [3.63, 3.8) is 0 Å². The minimum atomic E-state index is -5.08. The summed E-state index contributed by atoms with van der Waals surface area (Å²) in [5.41, 5.74) is -5.08. The predicted molar refractivity (Wildman–Crippen MR) is 15.0 cm³/mol. The average molecular weight is 189 g/mol. The molecule has 0 amide bonds. The second kappa shape index (κ2) is 3.45. The summed E-state index contributed by atoms with van der Waals surface area (Å²) in [5.74, 6) is 0. The van der Waals surface area contributed by atoms with Gasteiger partial charge in [-0.05, 0) is 0 Å². The van der Waals surface area contributed by atoms with Crippen molar-refractivity contribution in [1.29, 1.82) is 0 Å². The number of hydrogen-bond donors (Lipinski definition) is 0. The van der Waals surface area contributed by atoms with Crippen LogP contribution >= 0.6 is 0 Å². The van der Waals surface area contributed by atoms with E-state index >= 15 is 0 Å². The van der Waals surface area contributed by atoms with Gasteiger partial charge in [0.1, 0.15) is 0 Å². The molecule has 7 heteroatoms. The second-order valence-electron chi connectivity index (χ2n) is 0.680. The van der Waals surface area contributed by atoms with Gasteiger partial charge in [0.05, 0.1) is 11.1 Å². The smallest absolute Gasteiger partial charge is 0.458 e. The Bertz CT molecular complexity index is 89.8. The van der Waals surface area contributed by atoms with E-state index in [9.17, 15) is 13.2 Å². The first-order chi connectivity index (χ1) is 2.94. The number of halogens is 3. The van der Waals surface area contributed by atoms with Crippen LogP contribution in [0.4, 0.5) is 13.2 Å². The molecule has 0 N–H and O–H groups in total. The van der Waals surface area contributed by atoms with Gasteiger partial charge < -0.3 is 4.55 Å². The summed E-state index contributed by atoms with van der Waals surface area (Å²) in [5, 5.41) is 0. The van der Waals surface area contributed by atoms with Gasteiger partial charge in [-0.3, -0.25) is 4.21 Å². The van der Waals surface area contributed by atoms with E-state index in [-0.39, 0.29) is 17.1 Å². The van der Waals surface area contributed by atoms with Crippen LogP contribution in [0.25, 0.3) is 0 Å². The van der Waals surface area contributed by atoms with Crippen molar-refractivity contribution in [2.45, 2.75) is 5.51 Å². The van der Waals surface area contributed by atoms with E-state index in [0.29, 0.717) is 0 Å². The number of rotatable bonds is 0. The van der Waals surface area contributed by atoms with Crippen molar-refractivity contribution in [2.24, 2.45) is 0 Å². The third kappa shape index (κ3) is 4.58. The van der Waals surface area contributed by atoms with Gasteiger partial charge in [0.15, 0.2) is 0 Å². The molecule has 0 spiro atoms. The van der Waals surface area contributed by atoms with Crippen LogP contribution < -0.4 is 0 Å². The normalized spacial score (nSPS) is 14.5. The molecule has 52 valence electrons. The van der Waals surface area contributed by atoms with Crippen LogP contribution in [0, 0.1) is 0 Å². The van der Waals surface area contributed by atoms with Gasteiger partial charge in [-0.15, -0.1) is 0 Å². The zero-order valence-electron chi connectivity index (χ0n) is 3.21. The van der Waals surface area contributed by atoms with Crippen molar-refractivity contribution in [2.75, 3.05) is 0 Å². The quantitative estimate of drug-likeness (QED) is 0.408. The molecule has 0 aromatic heterocycles. The van der Waals surface area contributed by atoms with Gasteiger partial charge in [-0.1, -0.05) is 0 Å². The van der Waals surface area contributed by atoms with Crippen LogP contribution in [0.2, 0.25) is 0 Å². The fourth-order valence-electron chi connectivity index (χ4n) is 0. The molecule has 0 aliphatic carbocycles. The van der Waals surface area contributed by atoms with E-state index in [0.717, 1.165) is 0 Å². The van der Waals surface area contributed by atoms with Crippen molar-refractivity contribution < 1.29 is 39.0 Å². The molecular formula is CF3FeO2S-. The Labute approximate surface area is 56.2 Å². The Morgan fingerprint density at radius 1 is 1.38 bits per heavy atom. The fraction of sp³-hybridized carbons (Fsp3) is 1.00. The average Bonchev–Trinajstić information content (AvgIpc) is 1.31. The van der Waals surface area contributed by atoms with Gasteiger partial charge in [0.25, 0.3) is 0 Å². The molecule has 0 radical (unpaired) electrons. The van der Waals surface area contributed by atoms with Crippen molar-refractivity contribution in [3.8, 4) is 0 Å². The molecule has 2 nitrogen and oxygen atoms in total. The third-order valence-corrected chi connectivity index (χ3v) is 0.567. The summed E-state index contributed by atoms with van der Waals surface area (Å²) in [4.78, 5) is 0. The van der Waals surface area contributed by atoms with Gasteiger partial charge in [0, 0.05) is 17.1 Å². The minimum absolute atomic E-state index is 0. The van der Waals surface area contributed by atoms with Gasteiger partial charge >= 0.3 is 5.51 Å². The molecule has 0 aromatic carbocycles. The Morgan fingerprint density at radius 2 is 1.50 bits per heavy atom. The van der Waals surface area contributed by atoms with Gasteiger partial charge in [0.2, 0.25) is 0 Å². The summed E-state index contributed by atoms with van der Waals surface area (Å²) in [7, 11) is 0. The SMILES string of the molecule is O=S([O-])C(F)(F)F.[Fe]. The zero-order chi connectivity index (χ0) is 6.08. The topological polar surface area (TPSA) is 40.1 Å².